The standard InChI is InChI=1S/C13H22N4/c1-10(6-7-14)17-13-15-8-12(9-16-13)11-4-2-3-5-11/h8-11H,2-7,14H2,1H3,(H,15,16,17). The molecular formula is C13H22N4. The van der Waals surface area contributed by atoms with Gasteiger partial charge in [0.1, 0.15) is 0 Å². The van der Waals surface area contributed by atoms with Crippen molar-refractivity contribution < 1.29 is 0 Å². The number of aromatic nitrogens is 2. The number of hydrogen-bond donors (Lipinski definition) is 2. The van der Waals surface area contributed by atoms with E-state index in [9.17, 15) is 0 Å². The molecule has 4 heteroatoms. The van der Waals surface area contributed by atoms with Gasteiger partial charge >= 0.3 is 0 Å². The van der Waals surface area contributed by atoms with E-state index in [-0.39, 0.29) is 0 Å². The molecule has 1 saturated carbocycles. The second-order valence-corrected chi connectivity index (χ2v) is 4.94. The van der Waals surface area contributed by atoms with Crippen LogP contribution < -0.4 is 11.1 Å². The second-order valence-electron chi connectivity index (χ2n) is 4.94. The smallest absolute Gasteiger partial charge is 0.222 e. The summed E-state index contributed by atoms with van der Waals surface area (Å²) in [4.78, 5) is 8.76. The lowest BCUT2D eigenvalue weighted by Gasteiger charge is -2.13. The molecule has 0 aromatic carbocycles. The lowest BCUT2D eigenvalue weighted by atomic mass is 10.0. The van der Waals surface area contributed by atoms with E-state index in [1.54, 1.807) is 0 Å². The maximum absolute atomic E-state index is 5.51. The van der Waals surface area contributed by atoms with Gasteiger partial charge in [0.15, 0.2) is 0 Å². The number of rotatable bonds is 5. The first kappa shape index (κ1) is 12.3. The topological polar surface area (TPSA) is 63.8 Å². The summed E-state index contributed by atoms with van der Waals surface area (Å²) in [5.41, 5.74) is 6.80. The van der Waals surface area contributed by atoms with Crippen molar-refractivity contribution in [1.29, 1.82) is 0 Å². The number of nitrogens with one attached hydrogen (secondary N) is 1. The van der Waals surface area contributed by atoms with Gasteiger partial charge in [-0.3, -0.25) is 0 Å². The molecule has 94 valence electrons. The van der Waals surface area contributed by atoms with E-state index in [0.29, 0.717) is 24.5 Å². The quantitative estimate of drug-likeness (QED) is 0.820. The average molecular weight is 234 g/mol. The van der Waals surface area contributed by atoms with Crippen LogP contribution in [0.25, 0.3) is 0 Å². The Morgan fingerprint density at radius 2 is 2.00 bits per heavy atom. The summed E-state index contributed by atoms with van der Waals surface area (Å²) < 4.78 is 0. The highest BCUT2D eigenvalue weighted by Crippen LogP contribution is 2.33. The molecule has 1 aliphatic rings. The predicted molar refractivity (Wildman–Crippen MR) is 70.0 cm³/mol. The molecule has 17 heavy (non-hydrogen) atoms. The van der Waals surface area contributed by atoms with Gasteiger partial charge in [0.2, 0.25) is 5.95 Å². The molecule has 0 amide bonds. The van der Waals surface area contributed by atoms with Crippen molar-refractivity contribution in [2.75, 3.05) is 11.9 Å². The van der Waals surface area contributed by atoms with Gasteiger partial charge in [0.25, 0.3) is 0 Å². The van der Waals surface area contributed by atoms with Crippen molar-refractivity contribution in [3.8, 4) is 0 Å². The van der Waals surface area contributed by atoms with E-state index in [1.165, 1.54) is 31.2 Å². The summed E-state index contributed by atoms with van der Waals surface area (Å²) in [6.45, 7) is 2.79. The fourth-order valence-electron chi connectivity index (χ4n) is 2.43. The zero-order valence-electron chi connectivity index (χ0n) is 10.5. The van der Waals surface area contributed by atoms with Crippen molar-refractivity contribution in [3.05, 3.63) is 18.0 Å². The summed E-state index contributed by atoms with van der Waals surface area (Å²) >= 11 is 0. The SMILES string of the molecule is CC(CCN)Nc1ncc(C2CCCC2)cn1. The number of anilines is 1. The number of nitrogens with zero attached hydrogens (tertiary/aromatic N) is 2. The zero-order valence-corrected chi connectivity index (χ0v) is 10.5. The fourth-order valence-corrected chi connectivity index (χ4v) is 2.43. The molecule has 0 bridgehead atoms. The van der Waals surface area contributed by atoms with E-state index < -0.39 is 0 Å². The Morgan fingerprint density at radius 1 is 1.35 bits per heavy atom. The molecule has 0 aliphatic heterocycles. The second kappa shape index (κ2) is 5.96. The van der Waals surface area contributed by atoms with Crippen LogP contribution in [-0.2, 0) is 0 Å². The highest BCUT2D eigenvalue weighted by molar-refractivity contribution is 5.27. The van der Waals surface area contributed by atoms with Gasteiger partial charge in [0, 0.05) is 18.4 Å². The molecule has 1 atom stereocenters. The summed E-state index contributed by atoms with van der Waals surface area (Å²) in [6.07, 6.45) is 10.2. The van der Waals surface area contributed by atoms with E-state index >= 15 is 0 Å². The van der Waals surface area contributed by atoms with Crippen LogP contribution >= 0.6 is 0 Å². The molecule has 0 radical (unpaired) electrons. The Hall–Kier alpha value is -1.16. The van der Waals surface area contributed by atoms with Gasteiger partial charge in [-0.25, -0.2) is 9.97 Å². The highest BCUT2D eigenvalue weighted by atomic mass is 15.1. The average Bonchev–Trinajstić information content (AvgIpc) is 2.84. The monoisotopic (exact) mass is 234 g/mol. The van der Waals surface area contributed by atoms with Crippen molar-refractivity contribution in [2.24, 2.45) is 5.73 Å². The van der Waals surface area contributed by atoms with Crippen LogP contribution in [0.1, 0.15) is 50.5 Å². The molecule has 1 unspecified atom stereocenters. The third-order valence-electron chi connectivity index (χ3n) is 3.47. The zero-order chi connectivity index (χ0) is 12.1. The van der Waals surface area contributed by atoms with Crippen LogP contribution in [0.15, 0.2) is 12.4 Å². The Bertz CT molecular complexity index is 330. The molecule has 1 aromatic heterocycles. The Labute approximate surface area is 103 Å². The summed E-state index contributed by atoms with van der Waals surface area (Å²) in [5.74, 6) is 1.40. The van der Waals surface area contributed by atoms with Gasteiger partial charge in [-0.1, -0.05) is 12.8 Å². The first-order chi connectivity index (χ1) is 8.29. The minimum Gasteiger partial charge on any atom is -0.352 e. The largest absolute Gasteiger partial charge is 0.352 e. The molecular weight excluding hydrogens is 212 g/mol. The van der Waals surface area contributed by atoms with E-state index in [1.807, 2.05) is 12.4 Å². The molecule has 1 aromatic rings. The van der Waals surface area contributed by atoms with Crippen LogP contribution in [0.4, 0.5) is 5.95 Å². The first-order valence-corrected chi connectivity index (χ1v) is 6.58. The highest BCUT2D eigenvalue weighted by Gasteiger charge is 2.17. The lowest BCUT2D eigenvalue weighted by molar-refractivity contribution is 0.699. The lowest BCUT2D eigenvalue weighted by Crippen LogP contribution is -2.20. The van der Waals surface area contributed by atoms with Gasteiger partial charge in [-0.05, 0) is 44.2 Å². The summed E-state index contributed by atoms with van der Waals surface area (Å²) in [5, 5.41) is 3.26. The predicted octanol–water partition coefficient (Wildman–Crippen LogP) is 2.28. The van der Waals surface area contributed by atoms with Gasteiger partial charge in [0.05, 0.1) is 0 Å². The maximum atomic E-state index is 5.51. The maximum Gasteiger partial charge on any atom is 0.222 e. The third-order valence-corrected chi connectivity index (χ3v) is 3.47. The van der Waals surface area contributed by atoms with Crippen LogP contribution in [0.3, 0.4) is 0 Å². The van der Waals surface area contributed by atoms with E-state index in [0.717, 1.165) is 6.42 Å². The van der Waals surface area contributed by atoms with Crippen LogP contribution in [0.2, 0.25) is 0 Å². The van der Waals surface area contributed by atoms with Crippen molar-refractivity contribution in [3.63, 3.8) is 0 Å². The van der Waals surface area contributed by atoms with Crippen LogP contribution in [0.5, 0.6) is 0 Å². The number of hydrogen-bond acceptors (Lipinski definition) is 4. The Morgan fingerprint density at radius 3 is 2.59 bits per heavy atom. The van der Waals surface area contributed by atoms with Gasteiger partial charge in [-0.2, -0.15) is 0 Å². The number of nitrogens with two attached hydrogens (primary N) is 1. The summed E-state index contributed by atoms with van der Waals surface area (Å²) in [7, 11) is 0. The molecule has 1 fully saturated rings. The minimum atomic E-state index is 0.331. The molecule has 4 nitrogen and oxygen atoms in total. The normalized spacial score (nSPS) is 18.2. The third kappa shape index (κ3) is 3.40. The fraction of sp³-hybridized carbons (Fsp3) is 0.692. The van der Waals surface area contributed by atoms with Gasteiger partial charge < -0.3 is 11.1 Å². The van der Waals surface area contributed by atoms with Crippen molar-refractivity contribution in [1.82, 2.24) is 9.97 Å². The van der Waals surface area contributed by atoms with E-state index in [4.69, 9.17) is 5.73 Å². The minimum absolute atomic E-state index is 0.331. The molecule has 1 heterocycles. The molecule has 0 spiro atoms. The summed E-state index contributed by atoms with van der Waals surface area (Å²) in [6, 6.07) is 0.331. The first-order valence-electron chi connectivity index (χ1n) is 6.58. The van der Waals surface area contributed by atoms with Crippen LogP contribution in [0, 0.1) is 0 Å². The Kier molecular flexibility index (Phi) is 4.31. The van der Waals surface area contributed by atoms with Gasteiger partial charge in [-0.15, -0.1) is 0 Å². The Balaban J connectivity index is 1.92. The molecule has 1 aliphatic carbocycles. The molecule has 2 rings (SSSR count). The molecule has 3 N–H and O–H groups in total. The van der Waals surface area contributed by atoms with E-state index in [2.05, 4.69) is 22.2 Å². The van der Waals surface area contributed by atoms with Crippen molar-refractivity contribution in [2.45, 2.75) is 51.0 Å². The van der Waals surface area contributed by atoms with Crippen molar-refractivity contribution >= 4 is 5.95 Å². The van der Waals surface area contributed by atoms with Crippen LogP contribution in [-0.4, -0.2) is 22.6 Å². The molecule has 0 saturated heterocycles.